The van der Waals surface area contributed by atoms with Crippen LogP contribution in [0.5, 0.6) is 0 Å². The van der Waals surface area contributed by atoms with Gasteiger partial charge in [-0.1, -0.05) is 0 Å². The van der Waals surface area contributed by atoms with Crippen LogP contribution in [0, 0.1) is 6.92 Å². The van der Waals surface area contributed by atoms with Crippen molar-refractivity contribution in [3.05, 3.63) is 6.92 Å². The molecule has 0 amide bonds. The van der Waals surface area contributed by atoms with E-state index in [1.165, 1.54) is 0 Å². The Morgan fingerprint density at radius 2 is 1.90 bits per heavy atom. The van der Waals surface area contributed by atoms with Crippen LogP contribution in [0.2, 0.25) is 0 Å². The molecular weight excluding hydrogens is 167 g/mol. The average molecular weight is 176 g/mol. The third kappa shape index (κ3) is 5.64. The molecule has 10 heavy (non-hydrogen) atoms. The van der Waals surface area contributed by atoms with Crippen molar-refractivity contribution in [2.24, 2.45) is 0 Å². The van der Waals surface area contributed by atoms with E-state index in [9.17, 15) is 8.42 Å². The van der Waals surface area contributed by atoms with Crippen molar-refractivity contribution in [3.8, 4) is 0 Å². The first kappa shape index (κ1) is 13.5. The summed E-state index contributed by atoms with van der Waals surface area (Å²) in [6, 6.07) is 0. The molecule has 56 valence electrons. The van der Waals surface area contributed by atoms with Crippen molar-refractivity contribution in [2.45, 2.75) is 18.3 Å². The maximum Gasteiger partial charge on any atom is 1.00 e. The summed E-state index contributed by atoms with van der Waals surface area (Å²) in [6.45, 7) is 3.30. The molecule has 0 aliphatic heterocycles. The fraction of sp³-hybridized carbons (Fsp3) is 0.750. The normalized spacial score (nSPS) is 13.9. The fourth-order valence-corrected chi connectivity index (χ4v) is 0.788. The Morgan fingerprint density at radius 1 is 1.50 bits per heavy atom. The molecule has 0 radical (unpaired) electrons. The van der Waals surface area contributed by atoms with Crippen LogP contribution in [-0.2, 0) is 10.1 Å². The van der Waals surface area contributed by atoms with Gasteiger partial charge in [0.1, 0.15) is 0 Å². The minimum Gasteiger partial charge on any atom is -0.375 e. The minimum atomic E-state index is -4.25. The van der Waals surface area contributed by atoms with Gasteiger partial charge < -0.3 is 12.0 Å². The fourth-order valence-electron chi connectivity index (χ4n) is 0.324. The molecule has 1 unspecified atom stereocenters. The molecular formula is C4H9NaO4S. The van der Waals surface area contributed by atoms with E-state index in [1.807, 2.05) is 0 Å². The van der Waals surface area contributed by atoms with Gasteiger partial charge in [-0.05, 0) is 6.42 Å². The molecule has 0 aliphatic carbocycles. The van der Waals surface area contributed by atoms with E-state index in [0.29, 0.717) is 0 Å². The second-order valence-electron chi connectivity index (χ2n) is 1.61. The van der Waals surface area contributed by atoms with Crippen molar-refractivity contribution in [1.82, 2.24) is 0 Å². The monoisotopic (exact) mass is 176 g/mol. The van der Waals surface area contributed by atoms with Gasteiger partial charge in [-0.15, -0.1) is 0 Å². The predicted octanol–water partition coefficient (Wildman–Crippen LogP) is -3.19. The summed E-state index contributed by atoms with van der Waals surface area (Å²) >= 11 is 0. The Hall–Kier alpha value is 0.870. The largest absolute Gasteiger partial charge is 1.00 e. The van der Waals surface area contributed by atoms with Crippen LogP contribution in [0.1, 0.15) is 12.8 Å². The Labute approximate surface area is 82.7 Å². The molecule has 0 aromatic carbocycles. The van der Waals surface area contributed by atoms with Crippen molar-refractivity contribution in [2.75, 3.05) is 0 Å². The van der Waals surface area contributed by atoms with Gasteiger partial charge in [0.05, 0.1) is 0 Å². The first-order chi connectivity index (χ1) is 3.98. The van der Waals surface area contributed by atoms with Crippen molar-refractivity contribution < 1.29 is 47.6 Å². The Kier molecular flexibility index (Phi) is 7.42. The van der Waals surface area contributed by atoms with Crippen molar-refractivity contribution in [3.63, 3.8) is 0 Å². The Bertz CT molecular complexity index is 164. The molecule has 2 N–H and O–H groups in total. The molecule has 0 spiro atoms. The standard InChI is InChI=1S/C4H9O4S.Na/c1-2-3-4(5)9(6,7)8;/h4-5H,1-3H2,(H,6,7,8);/q-1;+1. The predicted molar refractivity (Wildman–Crippen MR) is 32.1 cm³/mol. The van der Waals surface area contributed by atoms with Crippen molar-refractivity contribution in [1.29, 1.82) is 0 Å². The number of aliphatic hydroxyl groups excluding tert-OH is 1. The second kappa shape index (κ2) is 5.51. The molecule has 0 aromatic heterocycles. The number of hydrogen-bond acceptors (Lipinski definition) is 3. The van der Waals surface area contributed by atoms with Gasteiger partial charge in [0.25, 0.3) is 10.1 Å². The van der Waals surface area contributed by atoms with Gasteiger partial charge in [-0.25, -0.2) is 0 Å². The molecule has 1 atom stereocenters. The minimum absolute atomic E-state index is 0. The van der Waals surface area contributed by atoms with E-state index < -0.39 is 15.6 Å². The van der Waals surface area contributed by atoms with Crippen LogP contribution in [0.4, 0.5) is 0 Å². The van der Waals surface area contributed by atoms with E-state index >= 15 is 0 Å². The summed E-state index contributed by atoms with van der Waals surface area (Å²) < 4.78 is 28.1. The van der Waals surface area contributed by atoms with Gasteiger partial charge in [0.15, 0.2) is 5.44 Å². The zero-order valence-corrected chi connectivity index (χ0v) is 8.63. The topological polar surface area (TPSA) is 74.6 Å². The van der Waals surface area contributed by atoms with E-state index in [-0.39, 0.29) is 42.4 Å². The molecule has 6 heteroatoms. The molecule has 4 nitrogen and oxygen atoms in total. The van der Waals surface area contributed by atoms with Crippen LogP contribution in [0.15, 0.2) is 0 Å². The van der Waals surface area contributed by atoms with Gasteiger partial charge in [0, 0.05) is 0 Å². The number of hydrogen-bond donors (Lipinski definition) is 2. The van der Waals surface area contributed by atoms with Gasteiger partial charge in [-0.3, -0.25) is 4.55 Å². The van der Waals surface area contributed by atoms with Crippen LogP contribution in [-0.4, -0.2) is 23.5 Å². The maximum atomic E-state index is 10.00. The van der Waals surface area contributed by atoms with Crippen LogP contribution < -0.4 is 29.6 Å². The second-order valence-corrected chi connectivity index (χ2v) is 3.19. The summed E-state index contributed by atoms with van der Waals surface area (Å²) in [5.74, 6) is 0. The summed E-state index contributed by atoms with van der Waals surface area (Å²) in [6.07, 6.45) is 0.250. The van der Waals surface area contributed by atoms with Gasteiger partial charge in [-0.2, -0.15) is 14.8 Å². The molecule has 0 aliphatic rings. The molecule has 0 heterocycles. The Morgan fingerprint density at radius 3 is 2.00 bits per heavy atom. The summed E-state index contributed by atoms with van der Waals surface area (Å²) in [5, 5.41) is 8.51. The third-order valence-electron chi connectivity index (χ3n) is 0.795. The van der Waals surface area contributed by atoms with E-state index in [4.69, 9.17) is 9.66 Å². The van der Waals surface area contributed by atoms with Crippen LogP contribution >= 0.6 is 0 Å². The zero-order valence-electron chi connectivity index (χ0n) is 5.82. The summed E-state index contributed by atoms with van der Waals surface area (Å²) in [4.78, 5) is 0. The molecule has 0 rings (SSSR count). The summed E-state index contributed by atoms with van der Waals surface area (Å²) in [5.41, 5.74) is -1.67. The average Bonchev–Trinajstić information content (AvgIpc) is 1.64. The smallest absolute Gasteiger partial charge is 0.375 e. The van der Waals surface area contributed by atoms with Gasteiger partial charge >= 0.3 is 29.6 Å². The van der Waals surface area contributed by atoms with E-state index in [2.05, 4.69) is 6.92 Å². The maximum absolute atomic E-state index is 10.00. The van der Waals surface area contributed by atoms with E-state index in [0.717, 1.165) is 0 Å². The first-order valence-corrected chi connectivity index (χ1v) is 3.92. The quantitative estimate of drug-likeness (QED) is 0.270. The molecule has 0 saturated carbocycles. The SMILES string of the molecule is [CH2-]CCC(O)S(=O)(=O)O.[Na+]. The van der Waals surface area contributed by atoms with Gasteiger partial charge in [0.2, 0.25) is 0 Å². The number of aliphatic hydroxyl groups is 1. The van der Waals surface area contributed by atoms with Crippen molar-refractivity contribution >= 4 is 10.1 Å². The molecule has 0 bridgehead atoms. The first-order valence-electron chi connectivity index (χ1n) is 2.42. The summed E-state index contributed by atoms with van der Waals surface area (Å²) in [7, 11) is -4.25. The Balaban J connectivity index is 0. The molecule has 0 saturated heterocycles. The van der Waals surface area contributed by atoms with Crippen LogP contribution in [0.25, 0.3) is 0 Å². The zero-order chi connectivity index (χ0) is 7.49. The third-order valence-corrected chi connectivity index (χ3v) is 1.72. The van der Waals surface area contributed by atoms with Crippen LogP contribution in [0.3, 0.4) is 0 Å². The molecule has 0 fully saturated rings. The molecule has 0 aromatic rings. The number of rotatable bonds is 3. The van der Waals surface area contributed by atoms with E-state index in [1.54, 1.807) is 0 Å².